The van der Waals surface area contributed by atoms with Crippen molar-refractivity contribution in [3.8, 4) is 0 Å². The molecule has 3 atom stereocenters. The first-order valence-electron chi connectivity index (χ1n) is 23.6. The minimum absolute atomic E-state index is 0.0600. The van der Waals surface area contributed by atoms with Crippen molar-refractivity contribution in [2.24, 2.45) is 0 Å². The molecule has 3 unspecified atom stereocenters. The number of allylic oxidation sites excluding steroid dienone is 4. The summed E-state index contributed by atoms with van der Waals surface area (Å²) in [5.41, 5.74) is 0. The maximum absolute atomic E-state index is 13.1. The van der Waals surface area contributed by atoms with Gasteiger partial charge >= 0.3 is 5.97 Å². The summed E-state index contributed by atoms with van der Waals surface area (Å²) in [6.45, 7) is 6.44. The highest BCUT2D eigenvalue weighted by molar-refractivity contribution is 5.77. The molecule has 0 rings (SSSR count). The molecular weight excluding hydrogens is 671 g/mol. The smallest absolute Gasteiger partial charge is 0.306 e. The molecule has 0 saturated heterocycles. The van der Waals surface area contributed by atoms with Crippen molar-refractivity contribution in [1.82, 2.24) is 5.32 Å². The lowest BCUT2D eigenvalue weighted by Gasteiger charge is -2.24. The van der Waals surface area contributed by atoms with Crippen LogP contribution in [0.5, 0.6) is 0 Å². The summed E-state index contributed by atoms with van der Waals surface area (Å²) in [5.74, 6) is -0.546. The number of carbonyl (C=O) groups is 2. The number of hydrogen-bond acceptors (Lipinski definition) is 5. The highest BCUT2D eigenvalue weighted by atomic mass is 16.5. The molecular formula is C48H91NO5. The molecule has 6 heteroatoms. The number of hydrogen-bond donors (Lipinski definition) is 3. The first kappa shape index (κ1) is 52.3. The van der Waals surface area contributed by atoms with Gasteiger partial charge in [0.05, 0.1) is 25.2 Å². The van der Waals surface area contributed by atoms with Crippen LogP contribution in [0.3, 0.4) is 0 Å². The average Bonchev–Trinajstić information content (AvgIpc) is 3.16. The van der Waals surface area contributed by atoms with Crippen molar-refractivity contribution in [3.63, 3.8) is 0 Å². The number of aliphatic hydroxyl groups excluding tert-OH is 2. The molecule has 0 fully saturated rings. The summed E-state index contributed by atoms with van der Waals surface area (Å²) in [5, 5.41) is 23.6. The Labute approximate surface area is 335 Å². The summed E-state index contributed by atoms with van der Waals surface area (Å²) < 4.78 is 5.87. The summed E-state index contributed by atoms with van der Waals surface area (Å²) in [6.07, 6.45) is 46.7. The van der Waals surface area contributed by atoms with E-state index in [1.807, 2.05) is 6.08 Å². The molecule has 1 amide bonds. The van der Waals surface area contributed by atoms with E-state index in [-0.39, 0.29) is 24.9 Å². The molecule has 0 aromatic heterocycles. The maximum Gasteiger partial charge on any atom is 0.306 e. The van der Waals surface area contributed by atoms with Crippen molar-refractivity contribution in [3.05, 3.63) is 24.3 Å². The lowest BCUT2D eigenvalue weighted by Crippen LogP contribution is -2.46. The fourth-order valence-corrected chi connectivity index (χ4v) is 7.19. The predicted octanol–water partition coefficient (Wildman–Crippen LogP) is 13.6. The Balaban J connectivity index is 4.65. The van der Waals surface area contributed by atoms with Gasteiger partial charge in [-0.1, -0.05) is 212 Å². The van der Waals surface area contributed by atoms with Crippen molar-refractivity contribution in [2.75, 3.05) is 6.61 Å². The molecule has 0 spiro atoms. The van der Waals surface area contributed by atoms with Gasteiger partial charge < -0.3 is 20.3 Å². The van der Waals surface area contributed by atoms with Crippen molar-refractivity contribution in [1.29, 1.82) is 0 Å². The minimum atomic E-state index is -0.789. The van der Waals surface area contributed by atoms with Crippen LogP contribution in [0, 0.1) is 0 Å². The second kappa shape index (κ2) is 42.5. The predicted molar refractivity (Wildman–Crippen MR) is 232 cm³/mol. The Kier molecular flexibility index (Phi) is 41.2. The average molecular weight is 762 g/mol. The van der Waals surface area contributed by atoms with E-state index in [1.165, 1.54) is 148 Å². The molecule has 0 aliphatic rings. The molecule has 3 N–H and O–H groups in total. The number of rotatable bonds is 42. The van der Waals surface area contributed by atoms with Crippen LogP contribution in [0.4, 0.5) is 0 Å². The zero-order valence-electron chi connectivity index (χ0n) is 36.1. The summed E-state index contributed by atoms with van der Waals surface area (Å²) in [6, 6.07) is -0.704. The van der Waals surface area contributed by atoms with Gasteiger partial charge in [0.1, 0.15) is 6.10 Å². The molecule has 318 valence electrons. The number of amides is 1. The van der Waals surface area contributed by atoms with E-state index in [0.29, 0.717) is 25.7 Å². The van der Waals surface area contributed by atoms with Gasteiger partial charge in [-0.3, -0.25) is 9.59 Å². The molecule has 0 aliphatic heterocycles. The van der Waals surface area contributed by atoms with Crippen molar-refractivity contribution in [2.45, 2.75) is 264 Å². The fourth-order valence-electron chi connectivity index (χ4n) is 7.19. The van der Waals surface area contributed by atoms with Gasteiger partial charge in [0, 0.05) is 6.42 Å². The number of nitrogens with one attached hydrogen (secondary N) is 1. The number of esters is 1. The van der Waals surface area contributed by atoms with E-state index in [1.54, 1.807) is 0 Å². The van der Waals surface area contributed by atoms with Gasteiger partial charge in [0.15, 0.2) is 0 Å². The maximum atomic E-state index is 13.1. The van der Waals surface area contributed by atoms with Gasteiger partial charge in [-0.2, -0.15) is 0 Å². The molecule has 0 heterocycles. The van der Waals surface area contributed by atoms with Crippen LogP contribution < -0.4 is 5.32 Å². The molecule has 0 saturated carbocycles. The second-order valence-corrected chi connectivity index (χ2v) is 16.2. The van der Waals surface area contributed by atoms with Crippen molar-refractivity contribution >= 4 is 11.9 Å². The Hall–Kier alpha value is -1.66. The van der Waals surface area contributed by atoms with Gasteiger partial charge in [-0.15, -0.1) is 0 Å². The minimum Gasteiger partial charge on any atom is -0.462 e. The van der Waals surface area contributed by atoms with Gasteiger partial charge in [-0.25, -0.2) is 0 Å². The zero-order chi connectivity index (χ0) is 39.6. The van der Waals surface area contributed by atoms with E-state index in [2.05, 4.69) is 44.3 Å². The summed E-state index contributed by atoms with van der Waals surface area (Å²) in [7, 11) is 0. The van der Waals surface area contributed by atoms with E-state index in [9.17, 15) is 19.8 Å². The van der Waals surface area contributed by atoms with Gasteiger partial charge in [0.2, 0.25) is 5.91 Å². The normalized spacial score (nSPS) is 13.5. The van der Waals surface area contributed by atoms with E-state index in [0.717, 1.165) is 44.9 Å². The Morgan fingerprint density at radius 1 is 0.537 bits per heavy atom. The number of ether oxygens (including phenoxy) is 1. The van der Waals surface area contributed by atoms with E-state index in [4.69, 9.17) is 4.74 Å². The van der Waals surface area contributed by atoms with Crippen LogP contribution in [0.15, 0.2) is 24.3 Å². The van der Waals surface area contributed by atoms with Crippen LogP contribution in [0.2, 0.25) is 0 Å². The molecule has 0 aromatic carbocycles. The quantitative estimate of drug-likeness (QED) is 0.0327. The third-order valence-corrected chi connectivity index (χ3v) is 10.8. The van der Waals surface area contributed by atoms with Crippen LogP contribution >= 0.6 is 0 Å². The highest BCUT2D eigenvalue weighted by Gasteiger charge is 2.24. The Morgan fingerprint density at radius 2 is 0.944 bits per heavy atom. The zero-order valence-corrected chi connectivity index (χ0v) is 36.1. The number of unbranched alkanes of at least 4 members (excludes halogenated alkanes) is 26. The topological polar surface area (TPSA) is 95.9 Å². The first-order chi connectivity index (χ1) is 26.5. The first-order valence-corrected chi connectivity index (χ1v) is 23.6. The van der Waals surface area contributed by atoms with Crippen LogP contribution in [0.1, 0.15) is 245 Å². The molecule has 0 bridgehead atoms. The lowest BCUT2D eigenvalue weighted by molar-refractivity contribution is -0.150. The number of carbonyl (C=O) groups excluding carboxylic acids is 2. The lowest BCUT2D eigenvalue weighted by atomic mass is 10.0. The standard InChI is InChI=1S/C48H91NO5/c1-4-7-10-13-16-19-21-23-25-28-30-33-36-39-44(54-48(53)41-38-35-32-29-26-24-22-20-17-14-11-8-5-2)42-47(52)49-45(43-50)46(51)40-37-34-31-27-18-15-12-9-6-3/h24,26,32,35,44-46,50-51H,4-23,25,27-31,33-34,36-43H2,1-3H3,(H,49,52)/b26-24-,35-32+. The molecule has 0 aromatic rings. The van der Waals surface area contributed by atoms with Crippen molar-refractivity contribution < 1.29 is 24.5 Å². The summed E-state index contributed by atoms with van der Waals surface area (Å²) in [4.78, 5) is 25.9. The van der Waals surface area contributed by atoms with Crippen LogP contribution in [-0.2, 0) is 14.3 Å². The second-order valence-electron chi connectivity index (χ2n) is 16.2. The molecule has 6 nitrogen and oxygen atoms in total. The third-order valence-electron chi connectivity index (χ3n) is 10.8. The molecule has 0 radical (unpaired) electrons. The highest BCUT2D eigenvalue weighted by Crippen LogP contribution is 2.17. The largest absolute Gasteiger partial charge is 0.462 e. The fraction of sp³-hybridized carbons (Fsp3) is 0.875. The van der Waals surface area contributed by atoms with Crippen LogP contribution in [0.25, 0.3) is 0 Å². The number of aliphatic hydroxyl groups is 2. The Morgan fingerprint density at radius 3 is 1.41 bits per heavy atom. The summed E-state index contributed by atoms with van der Waals surface area (Å²) >= 11 is 0. The molecule has 0 aliphatic carbocycles. The third kappa shape index (κ3) is 37.3. The van der Waals surface area contributed by atoms with Crippen LogP contribution in [-0.4, -0.2) is 46.9 Å². The SMILES string of the molecule is CCCCCCCC/C=C\C/C=C/CCC(=O)OC(CCCCCCCCCCCCCCC)CC(=O)NC(CO)C(O)CCCCCCCCCCC. The monoisotopic (exact) mass is 762 g/mol. The Bertz CT molecular complexity index is 858. The van der Waals surface area contributed by atoms with Gasteiger partial charge in [0.25, 0.3) is 0 Å². The van der Waals surface area contributed by atoms with E-state index < -0.39 is 18.2 Å². The molecule has 54 heavy (non-hydrogen) atoms. The van der Waals surface area contributed by atoms with Gasteiger partial charge in [-0.05, 0) is 44.9 Å². The van der Waals surface area contributed by atoms with E-state index >= 15 is 0 Å².